The van der Waals surface area contributed by atoms with Gasteiger partial charge in [-0.15, -0.1) is 0 Å². The van der Waals surface area contributed by atoms with Crippen molar-refractivity contribution >= 4 is 0 Å². The molecule has 17 heavy (non-hydrogen) atoms. The second-order valence-corrected chi connectivity index (χ2v) is 4.76. The maximum Gasteiger partial charge on any atom is 0.119 e. The lowest BCUT2D eigenvalue weighted by Crippen LogP contribution is -2.01. The van der Waals surface area contributed by atoms with Crippen molar-refractivity contribution in [1.29, 1.82) is 0 Å². The van der Waals surface area contributed by atoms with Gasteiger partial charge >= 0.3 is 0 Å². The molecule has 0 amide bonds. The lowest BCUT2D eigenvalue weighted by atomic mass is 9.91. The van der Waals surface area contributed by atoms with Gasteiger partial charge in [0.05, 0.1) is 0 Å². The third-order valence-corrected chi connectivity index (χ3v) is 3.44. The highest BCUT2D eigenvalue weighted by Gasteiger charge is 2.10. The Morgan fingerprint density at radius 3 is 2.12 bits per heavy atom. The maximum atomic E-state index is 9.94. The molecule has 0 spiro atoms. The summed E-state index contributed by atoms with van der Waals surface area (Å²) in [6.45, 7) is 6.58. The lowest BCUT2D eigenvalue weighted by molar-refractivity contribution is 0.467. The molecule has 1 rings (SSSR count). The predicted molar refractivity (Wildman–Crippen MR) is 74.7 cm³/mol. The number of phenolic OH excluding ortho intramolecular Hbond substituents is 1. The molecule has 96 valence electrons. The Hall–Kier alpha value is -0.980. The van der Waals surface area contributed by atoms with Crippen molar-refractivity contribution in [3.8, 4) is 5.75 Å². The first-order valence-corrected chi connectivity index (χ1v) is 7.07. The van der Waals surface area contributed by atoms with Crippen molar-refractivity contribution in [1.82, 2.24) is 0 Å². The Labute approximate surface area is 106 Å². The first-order valence-electron chi connectivity index (χ1n) is 7.07. The molecule has 0 aromatic heterocycles. The van der Waals surface area contributed by atoms with E-state index in [2.05, 4.69) is 26.8 Å². The quantitative estimate of drug-likeness (QED) is 0.728. The topological polar surface area (TPSA) is 20.2 Å². The molecular formula is C16H26O. The van der Waals surface area contributed by atoms with Crippen LogP contribution in [0.25, 0.3) is 0 Å². The highest BCUT2D eigenvalue weighted by molar-refractivity contribution is 5.44. The molecule has 0 bridgehead atoms. The molecule has 0 atom stereocenters. The van der Waals surface area contributed by atoms with Crippen LogP contribution in [0.3, 0.4) is 0 Å². The first kappa shape index (κ1) is 14.1. The molecule has 1 N–H and O–H groups in total. The number of benzene rings is 1. The molecule has 0 aliphatic rings. The van der Waals surface area contributed by atoms with Gasteiger partial charge in [-0.05, 0) is 54.9 Å². The van der Waals surface area contributed by atoms with Crippen LogP contribution in [0.1, 0.15) is 63.1 Å². The minimum atomic E-state index is 0.485. The predicted octanol–water partition coefficient (Wildman–Crippen LogP) is 4.64. The minimum absolute atomic E-state index is 0.485. The Morgan fingerprint density at radius 2 is 1.53 bits per heavy atom. The summed E-state index contributed by atoms with van der Waals surface area (Å²) in [5.74, 6) is 0.485. The zero-order valence-corrected chi connectivity index (χ0v) is 11.6. The van der Waals surface area contributed by atoms with E-state index < -0.39 is 0 Å². The van der Waals surface area contributed by atoms with E-state index in [1.54, 1.807) is 0 Å². The molecule has 0 unspecified atom stereocenters. The van der Waals surface area contributed by atoms with Crippen LogP contribution in [-0.2, 0) is 19.3 Å². The summed E-state index contributed by atoms with van der Waals surface area (Å²) >= 11 is 0. The third kappa shape index (κ3) is 3.76. The Morgan fingerprint density at radius 1 is 0.882 bits per heavy atom. The van der Waals surface area contributed by atoms with Crippen LogP contribution < -0.4 is 0 Å². The Balaban J connectivity index is 3.00. The highest BCUT2D eigenvalue weighted by Crippen LogP contribution is 2.27. The van der Waals surface area contributed by atoms with Crippen LogP contribution in [0, 0.1) is 0 Å². The minimum Gasteiger partial charge on any atom is -0.508 e. The fourth-order valence-corrected chi connectivity index (χ4v) is 2.39. The monoisotopic (exact) mass is 234 g/mol. The van der Waals surface area contributed by atoms with Crippen LogP contribution in [-0.4, -0.2) is 5.11 Å². The van der Waals surface area contributed by atoms with Gasteiger partial charge in [-0.25, -0.2) is 0 Å². The van der Waals surface area contributed by atoms with E-state index in [9.17, 15) is 5.11 Å². The third-order valence-electron chi connectivity index (χ3n) is 3.44. The van der Waals surface area contributed by atoms with Crippen LogP contribution in [0.5, 0.6) is 5.75 Å². The smallest absolute Gasteiger partial charge is 0.119 e. The van der Waals surface area contributed by atoms with Gasteiger partial charge in [-0.3, -0.25) is 0 Å². The van der Waals surface area contributed by atoms with E-state index in [4.69, 9.17) is 0 Å². The normalized spacial score (nSPS) is 10.8. The molecule has 0 aliphatic carbocycles. The molecular weight excluding hydrogens is 208 g/mol. The van der Waals surface area contributed by atoms with Crippen LogP contribution >= 0.6 is 0 Å². The van der Waals surface area contributed by atoms with Crippen molar-refractivity contribution < 1.29 is 5.11 Å². The summed E-state index contributed by atoms with van der Waals surface area (Å²) in [6.07, 6.45) is 8.12. The van der Waals surface area contributed by atoms with Crippen molar-refractivity contribution in [3.05, 3.63) is 28.8 Å². The molecule has 0 radical (unpaired) electrons. The molecule has 0 heterocycles. The fourth-order valence-electron chi connectivity index (χ4n) is 2.39. The number of unbranched alkanes of at least 4 members (excludes halogenated alkanes) is 2. The summed E-state index contributed by atoms with van der Waals surface area (Å²) in [4.78, 5) is 0. The molecule has 1 nitrogen and oxygen atoms in total. The summed E-state index contributed by atoms with van der Waals surface area (Å²) in [5, 5.41) is 9.94. The number of aromatic hydroxyl groups is 1. The zero-order valence-electron chi connectivity index (χ0n) is 11.6. The average Bonchev–Trinajstić information content (AvgIpc) is 2.35. The van der Waals surface area contributed by atoms with Gasteiger partial charge in [-0.2, -0.15) is 0 Å². The molecule has 0 saturated heterocycles. The largest absolute Gasteiger partial charge is 0.508 e. The van der Waals surface area contributed by atoms with Gasteiger partial charge in [0.15, 0.2) is 0 Å². The molecule has 0 aliphatic heterocycles. The second-order valence-electron chi connectivity index (χ2n) is 4.76. The summed E-state index contributed by atoms with van der Waals surface area (Å²) in [5.41, 5.74) is 4.05. The van der Waals surface area contributed by atoms with Crippen molar-refractivity contribution in [2.45, 2.75) is 65.7 Å². The second kappa shape index (κ2) is 7.37. The Kier molecular flexibility index (Phi) is 6.10. The molecule has 1 aromatic rings. The van der Waals surface area contributed by atoms with E-state index in [-0.39, 0.29) is 0 Å². The number of rotatable bonds is 7. The first-order chi connectivity index (χ1) is 8.24. The van der Waals surface area contributed by atoms with E-state index in [0.717, 1.165) is 19.3 Å². The van der Waals surface area contributed by atoms with Crippen LogP contribution in [0.4, 0.5) is 0 Å². The van der Waals surface area contributed by atoms with Gasteiger partial charge < -0.3 is 5.11 Å². The summed E-state index contributed by atoms with van der Waals surface area (Å²) < 4.78 is 0. The van der Waals surface area contributed by atoms with Crippen LogP contribution in [0.15, 0.2) is 12.1 Å². The standard InChI is InChI=1S/C16H26O/c1-4-7-9-13-11-12-16(17)14(6-3)15(13)10-8-5-2/h11-12,17H,4-10H2,1-3H3. The number of phenols is 1. The molecule has 0 saturated carbocycles. The van der Waals surface area contributed by atoms with Crippen molar-refractivity contribution in [2.75, 3.05) is 0 Å². The van der Waals surface area contributed by atoms with Crippen LogP contribution in [0.2, 0.25) is 0 Å². The van der Waals surface area contributed by atoms with Crippen molar-refractivity contribution in [3.63, 3.8) is 0 Å². The molecule has 1 aromatic carbocycles. The SMILES string of the molecule is CCCCc1ccc(O)c(CC)c1CCCC. The number of hydrogen-bond acceptors (Lipinski definition) is 1. The lowest BCUT2D eigenvalue weighted by Gasteiger charge is -2.15. The molecule has 1 heteroatoms. The number of hydrogen-bond donors (Lipinski definition) is 1. The zero-order chi connectivity index (χ0) is 12.7. The van der Waals surface area contributed by atoms with Gasteiger partial charge in [0, 0.05) is 0 Å². The van der Waals surface area contributed by atoms with E-state index in [0.29, 0.717) is 5.75 Å². The average molecular weight is 234 g/mol. The van der Waals surface area contributed by atoms with E-state index in [1.165, 1.54) is 42.4 Å². The summed E-state index contributed by atoms with van der Waals surface area (Å²) in [7, 11) is 0. The van der Waals surface area contributed by atoms with Gasteiger partial charge in [0.2, 0.25) is 0 Å². The van der Waals surface area contributed by atoms with Gasteiger partial charge in [0.1, 0.15) is 5.75 Å². The highest BCUT2D eigenvalue weighted by atomic mass is 16.3. The van der Waals surface area contributed by atoms with E-state index >= 15 is 0 Å². The van der Waals surface area contributed by atoms with Gasteiger partial charge in [0.25, 0.3) is 0 Å². The number of aryl methyl sites for hydroxylation is 1. The summed E-state index contributed by atoms with van der Waals surface area (Å²) in [6, 6.07) is 3.99. The Bertz CT molecular complexity index is 342. The van der Waals surface area contributed by atoms with Gasteiger partial charge in [-0.1, -0.05) is 39.7 Å². The van der Waals surface area contributed by atoms with Crippen molar-refractivity contribution in [2.24, 2.45) is 0 Å². The maximum absolute atomic E-state index is 9.94. The fraction of sp³-hybridized carbons (Fsp3) is 0.625. The van der Waals surface area contributed by atoms with E-state index in [1.807, 2.05) is 6.07 Å². The molecule has 0 fully saturated rings.